The van der Waals surface area contributed by atoms with Crippen molar-refractivity contribution in [2.75, 3.05) is 6.61 Å². The van der Waals surface area contributed by atoms with Crippen LogP contribution in [0.4, 0.5) is 4.79 Å². The number of amides is 3. The molecule has 0 bridgehead atoms. The minimum absolute atomic E-state index is 0.0199. The average molecular weight is 316 g/mol. The summed E-state index contributed by atoms with van der Waals surface area (Å²) < 4.78 is 11.5. The van der Waals surface area contributed by atoms with Crippen molar-refractivity contribution in [1.29, 1.82) is 0 Å². The van der Waals surface area contributed by atoms with Crippen molar-refractivity contribution < 1.29 is 19.1 Å². The monoisotopic (exact) mass is 316 g/mol. The number of nitrogens with one attached hydrogen (secondary N) is 1. The number of carbonyl (C=O) groups excluding carboxylic acids is 2. The van der Waals surface area contributed by atoms with E-state index >= 15 is 0 Å². The molecule has 2 aliphatic heterocycles. The number of ether oxygens (including phenoxy) is 2. The maximum absolute atomic E-state index is 12.4. The third-order valence-corrected chi connectivity index (χ3v) is 4.44. The predicted molar refractivity (Wildman–Crippen MR) is 83.8 cm³/mol. The number of hydrogen-bond donors (Lipinski definition) is 1. The SMILES string of the molecule is CC(C)[C@@]12C[C@@H](COCc3ccccc3)OC1=NC(=O)NC2=O. The van der Waals surface area contributed by atoms with Crippen molar-refractivity contribution in [2.45, 2.75) is 33.0 Å². The summed E-state index contributed by atoms with van der Waals surface area (Å²) in [6.45, 7) is 4.69. The van der Waals surface area contributed by atoms with Crippen LogP contribution in [0.15, 0.2) is 35.3 Å². The molecule has 1 fully saturated rings. The first-order chi connectivity index (χ1) is 11.0. The van der Waals surface area contributed by atoms with Crippen molar-refractivity contribution in [3.8, 4) is 0 Å². The highest BCUT2D eigenvalue weighted by Gasteiger charge is 2.57. The van der Waals surface area contributed by atoms with Gasteiger partial charge in [0, 0.05) is 6.42 Å². The Morgan fingerprint density at radius 1 is 1.35 bits per heavy atom. The van der Waals surface area contributed by atoms with Crippen LogP contribution >= 0.6 is 0 Å². The Kier molecular flexibility index (Phi) is 4.17. The van der Waals surface area contributed by atoms with E-state index in [0.29, 0.717) is 19.6 Å². The van der Waals surface area contributed by atoms with Gasteiger partial charge in [-0.1, -0.05) is 44.2 Å². The summed E-state index contributed by atoms with van der Waals surface area (Å²) in [5.41, 5.74) is 0.209. The van der Waals surface area contributed by atoms with Crippen LogP contribution in [-0.4, -0.2) is 30.5 Å². The third-order valence-electron chi connectivity index (χ3n) is 4.44. The second-order valence-electron chi connectivity index (χ2n) is 6.25. The molecule has 2 aliphatic rings. The zero-order valence-corrected chi connectivity index (χ0v) is 13.2. The maximum atomic E-state index is 12.4. The van der Waals surface area contributed by atoms with Gasteiger partial charge in [-0.3, -0.25) is 10.1 Å². The summed E-state index contributed by atoms with van der Waals surface area (Å²) >= 11 is 0. The second kappa shape index (κ2) is 6.12. The highest BCUT2D eigenvalue weighted by atomic mass is 16.5. The Labute approximate surface area is 134 Å². The molecule has 2 heterocycles. The molecule has 0 spiro atoms. The summed E-state index contributed by atoms with van der Waals surface area (Å²) in [5, 5.41) is 2.29. The number of hydrogen-bond acceptors (Lipinski definition) is 4. The summed E-state index contributed by atoms with van der Waals surface area (Å²) in [6.07, 6.45) is 0.189. The fraction of sp³-hybridized carbons (Fsp3) is 0.471. The topological polar surface area (TPSA) is 77.0 Å². The molecule has 1 N–H and O–H groups in total. The summed E-state index contributed by atoms with van der Waals surface area (Å²) in [7, 11) is 0. The lowest BCUT2D eigenvalue weighted by atomic mass is 9.73. The van der Waals surface area contributed by atoms with Gasteiger partial charge < -0.3 is 9.47 Å². The number of rotatable bonds is 5. The van der Waals surface area contributed by atoms with Crippen LogP contribution in [0.3, 0.4) is 0 Å². The molecule has 1 aromatic rings. The maximum Gasteiger partial charge on any atom is 0.350 e. The van der Waals surface area contributed by atoms with Crippen molar-refractivity contribution in [3.63, 3.8) is 0 Å². The van der Waals surface area contributed by atoms with Gasteiger partial charge in [-0.25, -0.2) is 4.79 Å². The molecule has 122 valence electrons. The van der Waals surface area contributed by atoms with Gasteiger partial charge >= 0.3 is 6.03 Å². The van der Waals surface area contributed by atoms with E-state index < -0.39 is 11.4 Å². The molecule has 3 amide bonds. The van der Waals surface area contributed by atoms with Gasteiger partial charge in [-0.15, -0.1) is 0 Å². The highest BCUT2D eigenvalue weighted by molar-refractivity contribution is 6.18. The van der Waals surface area contributed by atoms with Gasteiger partial charge in [0.15, 0.2) is 0 Å². The number of imide groups is 1. The second-order valence-corrected chi connectivity index (χ2v) is 6.25. The first kappa shape index (κ1) is 15.7. The van der Waals surface area contributed by atoms with Crippen LogP contribution < -0.4 is 5.32 Å². The summed E-state index contributed by atoms with van der Waals surface area (Å²) in [5.74, 6) is -0.115. The van der Waals surface area contributed by atoms with E-state index in [1.54, 1.807) is 0 Å². The van der Waals surface area contributed by atoms with Gasteiger partial charge in [-0.05, 0) is 11.5 Å². The predicted octanol–water partition coefficient (Wildman–Crippen LogP) is 2.28. The van der Waals surface area contributed by atoms with Crippen molar-refractivity contribution in [2.24, 2.45) is 16.3 Å². The van der Waals surface area contributed by atoms with Crippen LogP contribution in [0.1, 0.15) is 25.8 Å². The molecule has 1 saturated heterocycles. The van der Waals surface area contributed by atoms with E-state index in [0.717, 1.165) is 5.56 Å². The molecule has 3 rings (SSSR count). The average Bonchev–Trinajstić information content (AvgIpc) is 2.88. The Balaban J connectivity index is 1.67. The fourth-order valence-electron chi connectivity index (χ4n) is 3.12. The lowest BCUT2D eigenvalue weighted by Gasteiger charge is -2.31. The first-order valence-electron chi connectivity index (χ1n) is 7.75. The zero-order chi connectivity index (χ0) is 16.4. The fourth-order valence-corrected chi connectivity index (χ4v) is 3.12. The molecule has 0 aromatic heterocycles. The van der Waals surface area contributed by atoms with E-state index in [4.69, 9.17) is 9.47 Å². The van der Waals surface area contributed by atoms with Crippen LogP contribution in [0, 0.1) is 11.3 Å². The van der Waals surface area contributed by atoms with Crippen LogP contribution in [0.5, 0.6) is 0 Å². The van der Waals surface area contributed by atoms with Gasteiger partial charge in [0.25, 0.3) is 0 Å². The van der Waals surface area contributed by atoms with Crippen LogP contribution in [0.25, 0.3) is 0 Å². The lowest BCUT2D eigenvalue weighted by Crippen LogP contribution is -2.52. The van der Waals surface area contributed by atoms with Crippen molar-refractivity contribution in [1.82, 2.24) is 5.32 Å². The number of carbonyl (C=O) groups is 2. The Morgan fingerprint density at radius 3 is 2.78 bits per heavy atom. The lowest BCUT2D eigenvalue weighted by molar-refractivity contribution is -0.128. The summed E-state index contributed by atoms with van der Waals surface area (Å²) in [4.78, 5) is 27.7. The van der Waals surface area contributed by atoms with E-state index in [9.17, 15) is 9.59 Å². The van der Waals surface area contributed by atoms with E-state index in [-0.39, 0.29) is 23.8 Å². The number of benzene rings is 1. The summed E-state index contributed by atoms with van der Waals surface area (Å²) in [6, 6.07) is 9.18. The minimum Gasteiger partial charge on any atom is -0.474 e. The molecule has 0 unspecified atom stereocenters. The molecule has 6 heteroatoms. The van der Waals surface area contributed by atoms with Crippen LogP contribution in [-0.2, 0) is 20.9 Å². The van der Waals surface area contributed by atoms with Crippen molar-refractivity contribution >= 4 is 17.8 Å². The van der Waals surface area contributed by atoms with Gasteiger partial charge in [0.1, 0.15) is 11.5 Å². The smallest absolute Gasteiger partial charge is 0.350 e. The molecular formula is C17H20N2O4. The molecule has 0 saturated carbocycles. The van der Waals surface area contributed by atoms with Gasteiger partial charge in [0.2, 0.25) is 11.8 Å². The van der Waals surface area contributed by atoms with E-state index in [1.165, 1.54) is 0 Å². The van der Waals surface area contributed by atoms with E-state index in [1.807, 2.05) is 44.2 Å². The van der Waals surface area contributed by atoms with Gasteiger partial charge in [-0.2, -0.15) is 4.99 Å². The Hall–Kier alpha value is -2.21. The minimum atomic E-state index is -0.866. The molecule has 23 heavy (non-hydrogen) atoms. The van der Waals surface area contributed by atoms with E-state index in [2.05, 4.69) is 10.3 Å². The molecule has 1 aromatic carbocycles. The quantitative estimate of drug-likeness (QED) is 0.904. The van der Waals surface area contributed by atoms with Gasteiger partial charge in [0.05, 0.1) is 13.2 Å². The normalized spacial score (nSPS) is 26.6. The molecule has 6 nitrogen and oxygen atoms in total. The van der Waals surface area contributed by atoms with Crippen molar-refractivity contribution in [3.05, 3.63) is 35.9 Å². The zero-order valence-electron chi connectivity index (χ0n) is 13.2. The molecular weight excluding hydrogens is 296 g/mol. The molecule has 0 aliphatic carbocycles. The number of nitrogens with zero attached hydrogens (tertiary/aromatic N) is 1. The first-order valence-corrected chi connectivity index (χ1v) is 7.75. The van der Waals surface area contributed by atoms with Crippen LogP contribution in [0.2, 0.25) is 0 Å². The third kappa shape index (κ3) is 2.86. The standard InChI is InChI=1S/C17H20N2O4/c1-11(2)17-8-13(10-22-9-12-6-4-3-5-7-12)23-15(17)19-16(21)18-14(17)20/h3-7,11,13H,8-10H2,1-2H3,(H,18,20,21)/t13-,17+/m0/s1. The molecule has 2 atom stereocenters. The number of aliphatic imine (C=N–C) groups is 1. The molecule has 0 radical (unpaired) electrons. The number of fused-ring (bicyclic) bond motifs is 1. The Bertz CT molecular complexity index is 641. The Morgan fingerprint density at radius 2 is 2.09 bits per heavy atom. The highest BCUT2D eigenvalue weighted by Crippen LogP contribution is 2.43. The number of urea groups is 1. The largest absolute Gasteiger partial charge is 0.474 e.